The third-order valence-corrected chi connectivity index (χ3v) is 5.50. The summed E-state index contributed by atoms with van der Waals surface area (Å²) in [6, 6.07) is 16.4. The summed E-state index contributed by atoms with van der Waals surface area (Å²) in [6.45, 7) is 0. The molecule has 33 heavy (non-hydrogen) atoms. The molecule has 0 spiro atoms. The molecule has 4 rings (SSSR count). The van der Waals surface area contributed by atoms with Crippen molar-refractivity contribution in [1.82, 2.24) is 0 Å². The highest BCUT2D eigenvalue weighted by molar-refractivity contribution is 6.05. The Morgan fingerprint density at radius 3 is 1.97 bits per heavy atom. The van der Waals surface area contributed by atoms with E-state index in [1.165, 1.54) is 45.5 Å². The second kappa shape index (κ2) is 9.28. The van der Waals surface area contributed by atoms with Crippen molar-refractivity contribution in [3.05, 3.63) is 72.0 Å². The smallest absolute Gasteiger partial charge is 0.271 e. The number of hydrogen-bond acceptors (Lipinski definition) is 6. The first kappa shape index (κ1) is 22.3. The topological polar surface area (TPSA) is 66.5 Å². The van der Waals surface area contributed by atoms with E-state index in [0.29, 0.717) is 34.2 Å². The van der Waals surface area contributed by atoms with E-state index in [1.54, 1.807) is 30.3 Å². The maximum absolute atomic E-state index is 14.6. The van der Waals surface area contributed by atoms with Crippen LogP contribution < -0.4 is 28.6 Å². The lowest BCUT2D eigenvalue weighted by molar-refractivity contribution is -0.135. The third kappa shape index (κ3) is 4.00. The normalized spacial score (nSPS) is 17.2. The number of halogens is 1. The number of rotatable bonds is 8. The van der Waals surface area contributed by atoms with Crippen LogP contribution in [-0.2, 0) is 4.79 Å². The largest absolute Gasteiger partial charge is 0.494 e. The van der Waals surface area contributed by atoms with Gasteiger partial charge in [-0.1, -0.05) is 24.3 Å². The first-order valence-corrected chi connectivity index (χ1v) is 10.2. The fraction of sp³-hybridized carbons (Fsp3) is 0.240. The van der Waals surface area contributed by atoms with E-state index in [0.717, 1.165) is 0 Å². The summed E-state index contributed by atoms with van der Waals surface area (Å²) in [5.41, 5.74) is 1.06. The highest BCUT2D eigenvalue weighted by Gasteiger charge is 2.51. The average molecular weight is 453 g/mol. The molecule has 1 saturated heterocycles. The van der Waals surface area contributed by atoms with Crippen LogP contribution in [0.4, 0.5) is 10.1 Å². The minimum atomic E-state index is -0.848. The molecule has 0 aliphatic carbocycles. The van der Waals surface area contributed by atoms with Crippen molar-refractivity contribution in [2.24, 2.45) is 0 Å². The molecule has 1 aliphatic heterocycles. The van der Waals surface area contributed by atoms with E-state index in [4.69, 9.17) is 23.7 Å². The van der Waals surface area contributed by atoms with Gasteiger partial charge in [-0.3, -0.25) is 9.69 Å². The van der Waals surface area contributed by atoms with Crippen molar-refractivity contribution in [2.45, 2.75) is 12.1 Å². The Balaban J connectivity index is 1.78. The number of ether oxygens (including phenoxy) is 5. The van der Waals surface area contributed by atoms with Gasteiger partial charge in [0.25, 0.3) is 5.91 Å². The number of anilines is 1. The lowest BCUT2D eigenvalue weighted by atomic mass is 9.89. The first-order chi connectivity index (χ1) is 16.0. The second-order valence-corrected chi connectivity index (χ2v) is 7.28. The van der Waals surface area contributed by atoms with Crippen molar-refractivity contribution in [1.29, 1.82) is 0 Å². The fourth-order valence-electron chi connectivity index (χ4n) is 3.91. The molecular formula is C25H24FNO6. The van der Waals surface area contributed by atoms with Crippen molar-refractivity contribution in [3.8, 4) is 28.7 Å². The Morgan fingerprint density at radius 1 is 0.788 bits per heavy atom. The van der Waals surface area contributed by atoms with Gasteiger partial charge in [0.1, 0.15) is 11.8 Å². The number of methoxy groups -OCH3 is 4. The van der Waals surface area contributed by atoms with E-state index in [9.17, 15) is 9.18 Å². The molecule has 3 aromatic carbocycles. The minimum absolute atomic E-state index is 0.115. The van der Waals surface area contributed by atoms with E-state index in [-0.39, 0.29) is 11.7 Å². The van der Waals surface area contributed by atoms with Crippen LogP contribution >= 0.6 is 0 Å². The second-order valence-electron chi connectivity index (χ2n) is 7.28. The molecule has 2 atom stereocenters. The molecule has 1 fully saturated rings. The zero-order valence-electron chi connectivity index (χ0n) is 18.7. The molecule has 1 amide bonds. The number of nitrogens with zero attached hydrogens (tertiary/aromatic N) is 1. The Morgan fingerprint density at radius 2 is 1.42 bits per heavy atom. The molecule has 0 unspecified atom stereocenters. The summed E-state index contributed by atoms with van der Waals surface area (Å²) in [4.78, 5) is 14.8. The van der Waals surface area contributed by atoms with Gasteiger partial charge in [-0.15, -0.1) is 0 Å². The molecule has 0 aromatic heterocycles. The number of carbonyl (C=O) groups excluding carboxylic acids is 1. The first-order valence-electron chi connectivity index (χ1n) is 10.2. The van der Waals surface area contributed by atoms with Crippen LogP contribution in [0, 0.1) is 5.82 Å². The molecule has 0 N–H and O–H groups in total. The summed E-state index contributed by atoms with van der Waals surface area (Å²) < 4.78 is 41.9. The van der Waals surface area contributed by atoms with Crippen molar-refractivity contribution in [2.75, 3.05) is 33.3 Å². The fourth-order valence-corrected chi connectivity index (χ4v) is 3.91. The number of hydrogen-bond donors (Lipinski definition) is 0. The zero-order chi connectivity index (χ0) is 23.5. The van der Waals surface area contributed by atoms with Gasteiger partial charge in [-0.2, -0.15) is 0 Å². The van der Waals surface area contributed by atoms with Crippen molar-refractivity contribution >= 4 is 11.6 Å². The van der Waals surface area contributed by atoms with E-state index in [1.807, 2.05) is 18.2 Å². The minimum Gasteiger partial charge on any atom is -0.494 e. The molecule has 7 nitrogen and oxygen atoms in total. The molecule has 0 saturated carbocycles. The van der Waals surface area contributed by atoms with Crippen LogP contribution in [0.2, 0.25) is 0 Å². The molecule has 0 bridgehead atoms. The number of carbonyl (C=O) groups is 1. The predicted molar refractivity (Wildman–Crippen MR) is 120 cm³/mol. The maximum Gasteiger partial charge on any atom is 0.271 e. The average Bonchev–Trinajstić information content (AvgIpc) is 2.85. The summed E-state index contributed by atoms with van der Waals surface area (Å²) in [6.07, 6.45) is -0.848. The Bertz CT molecular complexity index is 1130. The molecular weight excluding hydrogens is 429 g/mol. The van der Waals surface area contributed by atoms with Crippen LogP contribution in [0.1, 0.15) is 11.6 Å². The summed E-state index contributed by atoms with van der Waals surface area (Å²) >= 11 is 0. The third-order valence-electron chi connectivity index (χ3n) is 5.50. The van der Waals surface area contributed by atoms with Gasteiger partial charge in [0.2, 0.25) is 11.9 Å². The quantitative estimate of drug-likeness (QED) is 0.471. The highest BCUT2D eigenvalue weighted by Crippen LogP contribution is 2.47. The molecule has 0 radical (unpaired) electrons. The van der Waals surface area contributed by atoms with Crippen molar-refractivity contribution in [3.63, 3.8) is 0 Å². The van der Waals surface area contributed by atoms with Crippen LogP contribution in [0.3, 0.4) is 0 Å². The highest BCUT2D eigenvalue weighted by atomic mass is 19.1. The molecule has 1 heterocycles. The Kier molecular flexibility index (Phi) is 6.26. The van der Waals surface area contributed by atoms with Gasteiger partial charge in [0.15, 0.2) is 23.1 Å². The number of β-lactam (4-membered cyclic amide) rings is 1. The molecule has 172 valence electrons. The van der Waals surface area contributed by atoms with Gasteiger partial charge >= 0.3 is 0 Å². The van der Waals surface area contributed by atoms with Crippen molar-refractivity contribution < 1.29 is 32.9 Å². The Labute approximate surface area is 191 Å². The number of benzene rings is 3. The summed E-state index contributed by atoms with van der Waals surface area (Å²) in [5.74, 6) is 1.04. The van der Waals surface area contributed by atoms with E-state index < -0.39 is 18.0 Å². The van der Waals surface area contributed by atoms with Crippen LogP contribution in [-0.4, -0.2) is 40.5 Å². The van der Waals surface area contributed by atoms with Gasteiger partial charge in [0.05, 0.1) is 34.1 Å². The van der Waals surface area contributed by atoms with Crippen LogP contribution in [0.25, 0.3) is 0 Å². The molecule has 3 aromatic rings. The molecule has 8 heteroatoms. The van der Waals surface area contributed by atoms with Crippen LogP contribution in [0.15, 0.2) is 60.7 Å². The monoisotopic (exact) mass is 453 g/mol. The van der Waals surface area contributed by atoms with Gasteiger partial charge in [0, 0.05) is 12.1 Å². The van der Waals surface area contributed by atoms with Gasteiger partial charge in [-0.05, 0) is 29.8 Å². The zero-order valence-corrected chi connectivity index (χ0v) is 18.7. The number of amides is 1. The molecule has 1 aliphatic rings. The summed E-state index contributed by atoms with van der Waals surface area (Å²) in [7, 11) is 5.89. The SMILES string of the molecule is COc1ccc([C@H]2[C@H](Oc3ccccc3)C(=O)N2c2cc(OC)c(OC)c(OC)c2)cc1F. The lowest BCUT2D eigenvalue weighted by Gasteiger charge is -2.46. The van der Waals surface area contributed by atoms with E-state index in [2.05, 4.69) is 0 Å². The standard InChI is InChI=1S/C25H24FNO6/c1-29-19-11-10-15(12-18(19)26)22-24(33-17-8-6-5-7-9-17)25(28)27(22)16-13-20(30-2)23(32-4)21(14-16)31-3/h5-14,22,24H,1-4H3/t22-,24-/m0/s1. The Hall–Kier alpha value is -3.94. The summed E-state index contributed by atoms with van der Waals surface area (Å²) in [5, 5.41) is 0. The number of para-hydroxylation sites is 1. The lowest BCUT2D eigenvalue weighted by Crippen LogP contribution is -2.61. The van der Waals surface area contributed by atoms with Gasteiger partial charge in [-0.25, -0.2) is 4.39 Å². The predicted octanol–water partition coefficient (Wildman–Crippen LogP) is 4.40. The van der Waals surface area contributed by atoms with Gasteiger partial charge < -0.3 is 23.7 Å². The maximum atomic E-state index is 14.6. The van der Waals surface area contributed by atoms with Crippen LogP contribution in [0.5, 0.6) is 28.7 Å². The van der Waals surface area contributed by atoms with E-state index >= 15 is 0 Å².